The van der Waals surface area contributed by atoms with Gasteiger partial charge in [0.2, 0.25) is 0 Å². The van der Waals surface area contributed by atoms with Gasteiger partial charge in [0, 0.05) is 6.08 Å². The standard InChI is InChI=1S/C10H17BrO3/c1-3-5-9(12)8(11)6-7-10(13)14-4-2/h6-9,12H,3-5H2,1-2H3/b7-6+/t8-,9+/m1/s1. The highest BCUT2D eigenvalue weighted by atomic mass is 79.9. The van der Waals surface area contributed by atoms with E-state index >= 15 is 0 Å². The van der Waals surface area contributed by atoms with Gasteiger partial charge in [0.1, 0.15) is 0 Å². The van der Waals surface area contributed by atoms with E-state index in [4.69, 9.17) is 4.74 Å². The number of rotatable bonds is 6. The highest BCUT2D eigenvalue weighted by molar-refractivity contribution is 9.09. The molecule has 0 aliphatic carbocycles. The predicted octanol–water partition coefficient (Wildman–Crippen LogP) is 2.03. The van der Waals surface area contributed by atoms with Gasteiger partial charge in [-0.2, -0.15) is 0 Å². The van der Waals surface area contributed by atoms with Gasteiger partial charge in [-0.1, -0.05) is 35.4 Å². The number of alkyl halides is 1. The second kappa shape index (κ2) is 8.00. The Kier molecular flexibility index (Phi) is 7.80. The number of aliphatic hydroxyl groups excluding tert-OH is 1. The molecule has 0 fully saturated rings. The van der Waals surface area contributed by atoms with Crippen molar-refractivity contribution in [1.82, 2.24) is 0 Å². The number of hydrogen-bond donors (Lipinski definition) is 1. The molecule has 0 saturated heterocycles. The number of halogens is 1. The zero-order valence-electron chi connectivity index (χ0n) is 8.57. The van der Waals surface area contributed by atoms with Crippen molar-refractivity contribution < 1.29 is 14.6 Å². The van der Waals surface area contributed by atoms with Crippen molar-refractivity contribution in [2.45, 2.75) is 37.6 Å². The average molecular weight is 265 g/mol. The van der Waals surface area contributed by atoms with Gasteiger partial charge in [0.15, 0.2) is 0 Å². The molecule has 0 amide bonds. The monoisotopic (exact) mass is 264 g/mol. The Morgan fingerprint density at radius 2 is 2.21 bits per heavy atom. The molecule has 0 aromatic carbocycles. The zero-order chi connectivity index (χ0) is 11.0. The van der Waals surface area contributed by atoms with Crippen LogP contribution in [0.5, 0.6) is 0 Å². The number of ether oxygens (including phenoxy) is 1. The summed E-state index contributed by atoms with van der Waals surface area (Å²) in [6.45, 7) is 4.12. The highest BCUT2D eigenvalue weighted by Crippen LogP contribution is 2.12. The van der Waals surface area contributed by atoms with Crippen molar-refractivity contribution in [2.24, 2.45) is 0 Å². The van der Waals surface area contributed by atoms with Gasteiger partial charge in [-0.05, 0) is 13.3 Å². The lowest BCUT2D eigenvalue weighted by atomic mass is 10.1. The minimum atomic E-state index is -0.453. The molecule has 3 nitrogen and oxygen atoms in total. The van der Waals surface area contributed by atoms with Gasteiger partial charge in [-0.25, -0.2) is 4.79 Å². The Bertz CT molecular complexity index is 192. The van der Waals surface area contributed by atoms with Crippen LogP contribution in [0.15, 0.2) is 12.2 Å². The fraction of sp³-hybridized carbons (Fsp3) is 0.700. The SMILES string of the molecule is CCC[C@H](O)[C@H](Br)/C=C/C(=O)OCC. The summed E-state index contributed by atoms with van der Waals surface area (Å²) in [5, 5.41) is 9.51. The Morgan fingerprint density at radius 1 is 1.57 bits per heavy atom. The normalized spacial score (nSPS) is 15.4. The Balaban J connectivity index is 3.90. The molecule has 1 N–H and O–H groups in total. The lowest BCUT2D eigenvalue weighted by Gasteiger charge is -2.11. The number of carbonyl (C=O) groups is 1. The van der Waals surface area contributed by atoms with Crippen LogP contribution in [0.25, 0.3) is 0 Å². The van der Waals surface area contributed by atoms with Crippen LogP contribution in [0.3, 0.4) is 0 Å². The first-order valence-electron chi connectivity index (χ1n) is 4.78. The first-order chi connectivity index (χ1) is 6.61. The summed E-state index contributed by atoms with van der Waals surface area (Å²) in [6, 6.07) is 0. The maximum absolute atomic E-state index is 10.9. The molecule has 0 saturated carbocycles. The highest BCUT2D eigenvalue weighted by Gasteiger charge is 2.11. The Hall–Kier alpha value is -0.350. The van der Waals surface area contributed by atoms with Gasteiger partial charge in [0.25, 0.3) is 0 Å². The van der Waals surface area contributed by atoms with Gasteiger partial charge in [-0.15, -0.1) is 0 Å². The van der Waals surface area contributed by atoms with Crippen LogP contribution in [0.1, 0.15) is 26.7 Å². The maximum Gasteiger partial charge on any atom is 0.330 e. The second-order valence-electron chi connectivity index (χ2n) is 2.91. The van der Waals surface area contributed by atoms with Crippen LogP contribution in [0, 0.1) is 0 Å². The fourth-order valence-electron chi connectivity index (χ4n) is 0.944. The number of esters is 1. The minimum absolute atomic E-state index is 0.188. The summed E-state index contributed by atoms with van der Waals surface area (Å²) in [4.78, 5) is 10.7. The van der Waals surface area contributed by atoms with Crippen molar-refractivity contribution in [3.05, 3.63) is 12.2 Å². The molecule has 0 radical (unpaired) electrons. The summed E-state index contributed by atoms with van der Waals surface area (Å²) in [5.41, 5.74) is 0. The predicted molar refractivity (Wildman–Crippen MR) is 59.4 cm³/mol. The van der Waals surface area contributed by atoms with E-state index in [9.17, 15) is 9.90 Å². The van der Waals surface area contributed by atoms with E-state index in [1.807, 2.05) is 6.92 Å². The molecular weight excluding hydrogens is 248 g/mol. The van der Waals surface area contributed by atoms with Crippen LogP contribution >= 0.6 is 15.9 Å². The zero-order valence-corrected chi connectivity index (χ0v) is 10.2. The van der Waals surface area contributed by atoms with Gasteiger partial charge in [0.05, 0.1) is 17.5 Å². The number of aliphatic hydroxyl groups is 1. The van der Waals surface area contributed by atoms with Crippen molar-refractivity contribution in [3.8, 4) is 0 Å². The lowest BCUT2D eigenvalue weighted by Crippen LogP contribution is -2.18. The molecule has 0 unspecified atom stereocenters. The third-order valence-corrected chi connectivity index (χ3v) is 2.57. The molecule has 0 aliphatic heterocycles. The van der Waals surface area contributed by atoms with Gasteiger partial charge < -0.3 is 9.84 Å². The van der Waals surface area contributed by atoms with Crippen LogP contribution in [0.2, 0.25) is 0 Å². The molecular formula is C10H17BrO3. The largest absolute Gasteiger partial charge is 0.463 e. The second-order valence-corrected chi connectivity index (χ2v) is 3.97. The van der Waals surface area contributed by atoms with Crippen molar-refractivity contribution in [1.29, 1.82) is 0 Å². The maximum atomic E-state index is 10.9. The molecule has 2 atom stereocenters. The number of hydrogen-bond acceptors (Lipinski definition) is 3. The third-order valence-electron chi connectivity index (χ3n) is 1.65. The van der Waals surface area contributed by atoms with E-state index in [1.165, 1.54) is 6.08 Å². The van der Waals surface area contributed by atoms with Crippen LogP contribution in [-0.2, 0) is 9.53 Å². The summed E-state index contributed by atoms with van der Waals surface area (Å²) in [6.07, 6.45) is 4.12. The quantitative estimate of drug-likeness (QED) is 0.454. The molecule has 0 aliphatic rings. The molecule has 14 heavy (non-hydrogen) atoms. The first kappa shape index (κ1) is 13.7. The molecule has 4 heteroatoms. The van der Waals surface area contributed by atoms with Crippen LogP contribution in [0.4, 0.5) is 0 Å². The van der Waals surface area contributed by atoms with Crippen LogP contribution in [-0.4, -0.2) is 28.6 Å². The molecule has 0 bridgehead atoms. The van der Waals surface area contributed by atoms with E-state index in [0.717, 1.165) is 6.42 Å². The van der Waals surface area contributed by atoms with Crippen LogP contribution < -0.4 is 0 Å². The van der Waals surface area contributed by atoms with Gasteiger partial charge >= 0.3 is 5.97 Å². The topological polar surface area (TPSA) is 46.5 Å². The molecule has 0 aromatic rings. The Labute approximate surface area is 93.3 Å². The minimum Gasteiger partial charge on any atom is -0.463 e. The van der Waals surface area contributed by atoms with Crippen molar-refractivity contribution in [2.75, 3.05) is 6.61 Å². The Morgan fingerprint density at radius 3 is 2.71 bits per heavy atom. The van der Waals surface area contributed by atoms with E-state index in [2.05, 4.69) is 15.9 Å². The van der Waals surface area contributed by atoms with E-state index in [0.29, 0.717) is 13.0 Å². The van der Waals surface area contributed by atoms with Crippen molar-refractivity contribution in [3.63, 3.8) is 0 Å². The smallest absolute Gasteiger partial charge is 0.330 e. The molecule has 0 rings (SSSR count). The van der Waals surface area contributed by atoms with Gasteiger partial charge in [-0.3, -0.25) is 0 Å². The van der Waals surface area contributed by atoms with Crippen molar-refractivity contribution >= 4 is 21.9 Å². The summed E-state index contributed by atoms with van der Waals surface area (Å²) in [5.74, 6) is -0.374. The molecule has 0 spiro atoms. The average Bonchev–Trinajstić information content (AvgIpc) is 2.15. The fourth-order valence-corrected chi connectivity index (χ4v) is 1.36. The van der Waals surface area contributed by atoms with E-state index in [1.54, 1.807) is 13.0 Å². The summed E-state index contributed by atoms with van der Waals surface area (Å²) < 4.78 is 4.70. The van der Waals surface area contributed by atoms with E-state index in [-0.39, 0.29) is 10.8 Å². The third kappa shape index (κ3) is 6.16. The number of carbonyl (C=O) groups excluding carboxylic acids is 1. The molecule has 0 heterocycles. The molecule has 82 valence electrons. The van der Waals surface area contributed by atoms with E-state index < -0.39 is 6.10 Å². The molecule has 0 aromatic heterocycles. The summed E-state index contributed by atoms with van der Waals surface area (Å²) in [7, 11) is 0. The first-order valence-corrected chi connectivity index (χ1v) is 5.70. The summed E-state index contributed by atoms with van der Waals surface area (Å²) >= 11 is 3.28. The lowest BCUT2D eigenvalue weighted by molar-refractivity contribution is -0.137.